The zero-order valence-corrected chi connectivity index (χ0v) is 17.3. The van der Waals surface area contributed by atoms with E-state index in [0.29, 0.717) is 22.7 Å². The molecule has 0 aliphatic carbocycles. The molecule has 0 saturated carbocycles. The summed E-state index contributed by atoms with van der Waals surface area (Å²) in [4.78, 5) is 14.3. The summed E-state index contributed by atoms with van der Waals surface area (Å²) >= 11 is 1.63. The lowest BCUT2D eigenvalue weighted by Gasteiger charge is -2.14. The van der Waals surface area contributed by atoms with E-state index in [4.69, 9.17) is 9.47 Å². The molecule has 0 fully saturated rings. The largest absolute Gasteiger partial charge is 0.497 e. The fourth-order valence-corrected chi connectivity index (χ4v) is 4.38. The molecule has 0 unspecified atom stereocenters. The first kappa shape index (κ1) is 19.0. The summed E-state index contributed by atoms with van der Waals surface area (Å²) in [6.07, 6.45) is 0. The third-order valence-electron chi connectivity index (χ3n) is 4.72. The maximum Gasteiger partial charge on any atom is 0.259 e. The third-order valence-corrected chi connectivity index (χ3v) is 5.92. The van der Waals surface area contributed by atoms with Gasteiger partial charge in [0.2, 0.25) is 0 Å². The topological polar surface area (TPSA) is 52.5 Å². The second kappa shape index (κ2) is 7.48. The minimum atomic E-state index is -0.150. The SMILES string of the molecule is COc1ccc(NC(=O)c2c(-n3c(C)ccc3C)sc(C)c2C)c(OC)c1. The molecule has 3 aromatic rings. The van der Waals surface area contributed by atoms with Crippen LogP contribution in [0.2, 0.25) is 0 Å². The van der Waals surface area contributed by atoms with Crippen LogP contribution in [0.4, 0.5) is 5.69 Å². The van der Waals surface area contributed by atoms with Gasteiger partial charge in [0, 0.05) is 22.3 Å². The first-order valence-corrected chi connectivity index (χ1v) is 9.47. The van der Waals surface area contributed by atoms with Crippen molar-refractivity contribution in [3.05, 3.63) is 57.7 Å². The number of methoxy groups -OCH3 is 2. The predicted octanol–water partition coefficient (Wildman–Crippen LogP) is 5.04. The number of nitrogens with zero attached hydrogens (tertiary/aromatic N) is 1. The highest BCUT2D eigenvalue weighted by Gasteiger charge is 2.23. The number of benzene rings is 1. The van der Waals surface area contributed by atoms with Crippen LogP contribution in [-0.4, -0.2) is 24.7 Å². The fraction of sp³-hybridized carbons (Fsp3) is 0.286. The smallest absolute Gasteiger partial charge is 0.259 e. The highest BCUT2D eigenvalue weighted by atomic mass is 32.1. The quantitative estimate of drug-likeness (QED) is 0.670. The summed E-state index contributed by atoms with van der Waals surface area (Å²) in [6, 6.07) is 9.46. The molecule has 0 aliphatic heterocycles. The Morgan fingerprint density at radius 1 is 1.00 bits per heavy atom. The lowest BCUT2D eigenvalue weighted by molar-refractivity contribution is 0.102. The molecule has 2 aromatic heterocycles. The van der Waals surface area contributed by atoms with Crippen molar-refractivity contribution in [1.82, 2.24) is 4.57 Å². The van der Waals surface area contributed by atoms with E-state index >= 15 is 0 Å². The average molecular weight is 385 g/mol. The maximum absolute atomic E-state index is 13.2. The summed E-state index contributed by atoms with van der Waals surface area (Å²) in [6.45, 7) is 8.13. The van der Waals surface area contributed by atoms with E-state index in [9.17, 15) is 4.79 Å². The molecule has 0 atom stereocenters. The Morgan fingerprint density at radius 3 is 2.26 bits per heavy atom. The first-order chi connectivity index (χ1) is 12.9. The lowest BCUT2D eigenvalue weighted by Crippen LogP contribution is -2.16. The number of nitrogens with one attached hydrogen (secondary N) is 1. The van der Waals surface area contributed by atoms with Gasteiger partial charge in [-0.1, -0.05) is 0 Å². The Kier molecular flexibility index (Phi) is 5.28. The molecule has 1 N–H and O–H groups in total. The zero-order valence-electron chi connectivity index (χ0n) is 16.5. The van der Waals surface area contributed by atoms with E-state index in [1.807, 2.05) is 27.7 Å². The molecule has 0 aliphatic rings. The number of aromatic nitrogens is 1. The molecule has 0 spiro atoms. The van der Waals surface area contributed by atoms with Crippen molar-refractivity contribution in [2.75, 3.05) is 19.5 Å². The number of aryl methyl sites for hydroxylation is 3. The highest BCUT2D eigenvalue weighted by Crippen LogP contribution is 2.35. The van der Waals surface area contributed by atoms with Crippen LogP contribution in [-0.2, 0) is 0 Å². The van der Waals surface area contributed by atoms with Gasteiger partial charge in [-0.2, -0.15) is 0 Å². The van der Waals surface area contributed by atoms with Crippen molar-refractivity contribution in [2.24, 2.45) is 0 Å². The monoisotopic (exact) mass is 384 g/mol. The van der Waals surface area contributed by atoms with Gasteiger partial charge in [-0.15, -0.1) is 11.3 Å². The summed E-state index contributed by atoms with van der Waals surface area (Å²) in [5, 5.41) is 3.94. The van der Waals surface area contributed by atoms with Gasteiger partial charge in [-0.25, -0.2) is 0 Å². The molecule has 27 heavy (non-hydrogen) atoms. The van der Waals surface area contributed by atoms with Gasteiger partial charge in [0.25, 0.3) is 5.91 Å². The van der Waals surface area contributed by atoms with E-state index in [1.165, 1.54) is 0 Å². The van der Waals surface area contributed by atoms with E-state index < -0.39 is 0 Å². The van der Waals surface area contributed by atoms with Crippen molar-refractivity contribution in [2.45, 2.75) is 27.7 Å². The molecule has 0 saturated heterocycles. The van der Waals surface area contributed by atoms with Crippen LogP contribution >= 0.6 is 11.3 Å². The molecule has 1 aromatic carbocycles. The van der Waals surface area contributed by atoms with Crippen LogP contribution in [0.15, 0.2) is 30.3 Å². The van der Waals surface area contributed by atoms with Crippen LogP contribution in [0.3, 0.4) is 0 Å². The van der Waals surface area contributed by atoms with E-state index in [2.05, 4.69) is 22.0 Å². The molecular formula is C21H24N2O3S. The normalized spacial score (nSPS) is 10.7. The minimum absolute atomic E-state index is 0.150. The Morgan fingerprint density at radius 2 is 1.67 bits per heavy atom. The van der Waals surface area contributed by atoms with Crippen molar-refractivity contribution >= 4 is 22.9 Å². The van der Waals surface area contributed by atoms with Gasteiger partial charge in [-0.05, 0) is 57.5 Å². The summed E-state index contributed by atoms with van der Waals surface area (Å²) in [7, 11) is 3.17. The third kappa shape index (κ3) is 3.45. The lowest BCUT2D eigenvalue weighted by atomic mass is 10.1. The molecular weight excluding hydrogens is 360 g/mol. The predicted molar refractivity (Wildman–Crippen MR) is 110 cm³/mol. The van der Waals surface area contributed by atoms with Crippen molar-refractivity contribution in [1.29, 1.82) is 0 Å². The Hall–Kier alpha value is -2.73. The van der Waals surface area contributed by atoms with E-state index in [-0.39, 0.29) is 5.91 Å². The zero-order chi connectivity index (χ0) is 19.7. The van der Waals surface area contributed by atoms with Gasteiger partial charge in [0.05, 0.1) is 25.5 Å². The number of thiophene rings is 1. The Labute approximate surface area is 163 Å². The Balaban J connectivity index is 2.04. The van der Waals surface area contributed by atoms with Crippen LogP contribution in [0.25, 0.3) is 5.00 Å². The van der Waals surface area contributed by atoms with Gasteiger partial charge in [-0.3, -0.25) is 4.79 Å². The van der Waals surface area contributed by atoms with E-state index in [0.717, 1.165) is 26.8 Å². The molecule has 142 valence electrons. The molecule has 0 bridgehead atoms. The van der Waals surface area contributed by atoms with Crippen LogP contribution in [0.1, 0.15) is 32.2 Å². The fourth-order valence-electron chi connectivity index (χ4n) is 3.11. The van der Waals surface area contributed by atoms with Gasteiger partial charge < -0.3 is 19.4 Å². The molecule has 3 rings (SSSR count). The molecule has 5 nitrogen and oxygen atoms in total. The number of carbonyl (C=O) groups is 1. The second-order valence-corrected chi connectivity index (χ2v) is 7.64. The van der Waals surface area contributed by atoms with Gasteiger partial charge in [0.1, 0.15) is 16.5 Å². The van der Waals surface area contributed by atoms with Crippen LogP contribution < -0.4 is 14.8 Å². The highest BCUT2D eigenvalue weighted by molar-refractivity contribution is 7.15. The second-order valence-electron chi connectivity index (χ2n) is 6.44. The molecule has 6 heteroatoms. The number of hydrogen-bond donors (Lipinski definition) is 1. The number of rotatable bonds is 5. The van der Waals surface area contributed by atoms with Crippen LogP contribution in [0, 0.1) is 27.7 Å². The molecule has 1 amide bonds. The number of carbonyl (C=O) groups excluding carboxylic acids is 1. The summed E-state index contributed by atoms with van der Waals surface area (Å²) in [5.74, 6) is 1.08. The minimum Gasteiger partial charge on any atom is -0.497 e. The standard InChI is InChI=1S/C21H24N2O3S/c1-12-7-8-13(2)23(12)21-19(14(3)15(4)27-21)20(24)22-17-10-9-16(25-5)11-18(17)26-6/h7-11H,1-6H3,(H,22,24). The molecule has 2 heterocycles. The van der Waals surface area contributed by atoms with Gasteiger partial charge >= 0.3 is 0 Å². The number of anilines is 1. The first-order valence-electron chi connectivity index (χ1n) is 8.66. The van der Waals surface area contributed by atoms with Gasteiger partial charge in [0.15, 0.2) is 0 Å². The number of ether oxygens (including phenoxy) is 2. The maximum atomic E-state index is 13.2. The van der Waals surface area contributed by atoms with E-state index in [1.54, 1.807) is 43.8 Å². The summed E-state index contributed by atoms with van der Waals surface area (Å²) in [5.41, 5.74) is 4.50. The molecule has 0 radical (unpaired) electrons. The average Bonchev–Trinajstić information content (AvgIpc) is 3.13. The Bertz CT molecular complexity index is 982. The van der Waals surface area contributed by atoms with Crippen molar-refractivity contribution in [3.63, 3.8) is 0 Å². The van der Waals surface area contributed by atoms with Crippen molar-refractivity contribution in [3.8, 4) is 16.5 Å². The number of hydrogen-bond acceptors (Lipinski definition) is 4. The summed E-state index contributed by atoms with van der Waals surface area (Å²) < 4.78 is 12.8. The van der Waals surface area contributed by atoms with Crippen LogP contribution in [0.5, 0.6) is 11.5 Å². The van der Waals surface area contributed by atoms with Crippen molar-refractivity contribution < 1.29 is 14.3 Å². The number of amides is 1.